The highest BCUT2D eigenvalue weighted by Gasteiger charge is 2.18. The number of hydrogen-bond acceptors (Lipinski definition) is 3. The van der Waals surface area contributed by atoms with Crippen LogP contribution < -0.4 is 4.90 Å². The van der Waals surface area contributed by atoms with E-state index in [4.69, 9.17) is 11.6 Å². The van der Waals surface area contributed by atoms with Crippen LogP contribution in [-0.4, -0.2) is 28.8 Å². The number of aliphatic hydroxyl groups is 1. The summed E-state index contributed by atoms with van der Waals surface area (Å²) in [4.78, 5) is 5.97. The molecule has 1 N–H and O–H groups in total. The molecule has 0 spiro atoms. The maximum Gasteiger partial charge on any atom is 0.0822 e. The second-order valence-electron chi connectivity index (χ2n) is 4.15. The van der Waals surface area contributed by atoms with Gasteiger partial charge in [-0.1, -0.05) is 11.6 Å². The molecule has 0 amide bonds. The van der Waals surface area contributed by atoms with Crippen molar-refractivity contribution in [1.29, 1.82) is 0 Å². The van der Waals surface area contributed by atoms with Crippen LogP contribution in [-0.2, 0) is 0 Å². The Labute approximate surface area is 95.7 Å². The molecule has 3 nitrogen and oxygen atoms in total. The van der Waals surface area contributed by atoms with E-state index in [1.807, 2.05) is 17.9 Å². The number of likely N-dealkylation sites (N-methyl/N-ethyl adjacent to an activating group) is 1. The fraction of sp³-hybridized carbons (Fsp3) is 0.545. The number of hydrogen-bond donors (Lipinski definition) is 1. The van der Waals surface area contributed by atoms with Gasteiger partial charge >= 0.3 is 0 Å². The number of rotatable bonds is 4. The lowest BCUT2D eigenvalue weighted by Crippen LogP contribution is -2.38. The molecule has 1 rings (SSSR count). The molecule has 0 fully saturated rings. The van der Waals surface area contributed by atoms with Crippen LogP contribution in [0.25, 0.3) is 0 Å². The molecule has 4 heteroatoms. The van der Waals surface area contributed by atoms with Gasteiger partial charge in [-0.2, -0.15) is 0 Å². The average Bonchev–Trinajstić information content (AvgIpc) is 2.14. The number of anilines is 1. The summed E-state index contributed by atoms with van der Waals surface area (Å²) in [5, 5.41) is 10.4. The predicted molar refractivity (Wildman–Crippen MR) is 63.4 cm³/mol. The highest BCUT2D eigenvalue weighted by molar-refractivity contribution is 6.33. The molecular weight excluding hydrogens is 212 g/mol. The van der Waals surface area contributed by atoms with E-state index in [9.17, 15) is 5.11 Å². The lowest BCUT2D eigenvalue weighted by molar-refractivity contribution is 0.0876. The summed E-state index contributed by atoms with van der Waals surface area (Å²) in [6.07, 6.45) is 3.32. The summed E-state index contributed by atoms with van der Waals surface area (Å²) < 4.78 is 0. The fourth-order valence-corrected chi connectivity index (χ4v) is 1.70. The molecule has 15 heavy (non-hydrogen) atoms. The van der Waals surface area contributed by atoms with Crippen molar-refractivity contribution in [3.63, 3.8) is 0 Å². The first-order chi connectivity index (χ1) is 6.94. The average molecular weight is 229 g/mol. The van der Waals surface area contributed by atoms with Gasteiger partial charge in [0, 0.05) is 25.5 Å². The number of pyridine rings is 1. The van der Waals surface area contributed by atoms with Crippen molar-refractivity contribution in [2.45, 2.75) is 26.4 Å². The van der Waals surface area contributed by atoms with Crippen LogP contribution >= 0.6 is 11.6 Å². The molecule has 0 aliphatic carbocycles. The molecule has 1 heterocycles. The van der Waals surface area contributed by atoms with E-state index < -0.39 is 5.60 Å². The molecule has 0 saturated carbocycles. The van der Waals surface area contributed by atoms with E-state index in [1.165, 1.54) is 0 Å². The van der Waals surface area contributed by atoms with Gasteiger partial charge < -0.3 is 10.0 Å². The van der Waals surface area contributed by atoms with E-state index >= 15 is 0 Å². The van der Waals surface area contributed by atoms with Gasteiger partial charge in [-0.3, -0.25) is 4.98 Å². The smallest absolute Gasteiger partial charge is 0.0822 e. The first-order valence-corrected chi connectivity index (χ1v) is 5.38. The summed E-state index contributed by atoms with van der Waals surface area (Å²) >= 11 is 6.04. The molecular formula is C11H17ClN2O. The molecule has 84 valence electrons. The zero-order valence-corrected chi connectivity index (χ0v) is 10.1. The molecule has 1 aromatic heterocycles. The van der Waals surface area contributed by atoms with Crippen LogP contribution in [0.5, 0.6) is 0 Å². The van der Waals surface area contributed by atoms with Crippen LogP contribution in [0.15, 0.2) is 18.5 Å². The summed E-state index contributed by atoms with van der Waals surface area (Å²) in [6, 6.07) is 1.86. The van der Waals surface area contributed by atoms with E-state index in [1.54, 1.807) is 26.2 Å². The first kappa shape index (κ1) is 12.3. The Balaban J connectivity index is 2.88. The van der Waals surface area contributed by atoms with E-state index in [2.05, 4.69) is 4.98 Å². The zero-order chi connectivity index (χ0) is 11.5. The van der Waals surface area contributed by atoms with Crippen LogP contribution in [0.3, 0.4) is 0 Å². The standard InChI is InChI=1S/C11H17ClN2O/c1-4-14(8-11(2,3)15)10-5-6-13-7-9(10)12/h5-7,15H,4,8H2,1-3H3. The third-order valence-electron chi connectivity index (χ3n) is 2.05. The number of nitrogens with zero attached hydrogens (tertiary/aromatic N) is 2. The van der Waals surface area contributed by atoms with Crippen molar-refractivity contribution in [3.05, 3.63) is 23.5 Å². The molecule has 0 unspecified atom stereocenters. The van der Waals surface area contributed by atoms with E-state index in [-0.39, 0.29) is 0 Å². The number of halogens is 1. The fourth-order valence-electron chi connectivity index (χ4n) is 1.46. The van der Waals surface area contributed by atoms with Crippen LogP contribution in [0.2, 0.25) is 5.02 Å². The minimum Gasteiger partial charge on any atom is -0.389 e. The maximum atomic E-state index is 9.77. The Morgan fingerprint density at radius 1 is 1.53 bits per heavy atom. The normalized spacial score (nSPS) is 11.5. The summed E-state index contributed by atoms with van der Waals surface area (Å²) in [5.74, 6) is 0. The molecule has 1 aromatic rings. The maximum absolute atomic E-state index is 9.77. The molecule has 0 aliphatic rings. The van der Waals surface area contributed by atoms with Gasteiger partial charge in [0.1, 0.15) is 0 Å². The Morgan fingerprint density at radius 2 is 2.20 bits per heavy atom. The second-order valence-corrected chi connectivity index (χ2v) is 4.56. The predicted octanol–water partition coefficient (Wildman–Crippen LogP) is 2.33. The van der Waals surface area contributed by atoms with Gasteiger partial charge in [0.25, 0.3) is 0 Å². The van der Waals surface area contributed by atoms with Gasteiger partial charge in [0.05, 0.1) is 16.3 Å². The zero-order valence-electron chi connectivity index (χ0n) is 9.37. The second kappa shape index (κ2) is 4.81. The quantitative estimate of drug-likeness (QED) is 0.860. The third kappa shape index (κ3) is 3.68. The Bertz CT molecular complexity index is 323. The lowest BCUT2D eigenvalue weighted by Gasteiger charge is -2.30. The van der Waals surface area contributed by atoms with Crippen molar-refractivity contribution >= 4 is 17.3 Å². The molecule has 0 atom stereocenters. The molecule has 0 aliphatic heterocycles. The Kier molecular flexibility index (Phi) is 3.94. The summed E-state index contributed by atoms with van der Waals surface area (Å²) in [7, 11) is 0. The monoisotopic (exact) mass is 228 g/mol. The summed E-state index contributed by atoms with van der Waals surface area (Å²) in [6.45, 7) is 6.94. The Hall–Kier alpha value is -0.800. The van der Waals surface area contributed by atoms with Crippen molar-refractivity contribution in [1.82, 2.24) is 4.98 Å². The Morgan fingerprint density at radius 3 is 2.67 bits per heavy atom. The van der Waals surface area contributed by atoms with Crippen LogP contribution in [0.1, 0.15) is 20.8 Å². The van der Waals surface area contributed by atoms with Gasteiger partial charge in [-0.05, 0) is 26.8 Å². The van der Waals surface area contributed by atoms with E-state index in [0.717, 1.165) is 12.2 Å². The SMILES string of the molecule is CCN(CC(C)(C)O)c1ccncc1Cl. The minimum atomic E-state index is -0.734. The molecule has 0 bridgehead atoms. The largest absolute Gasteiger partial charge is 0.389 e. The van der Waals surface area contributed by atoms with Gasteiger partial charge in [0.2, 0.25) is 0 Å². The van der Waals surface area contributed by atoms with Crippen molar-refractivity contribution in [3.8, 4) is 0 Å². The number of aromatic nitrogens is 1. The highest BCUT2D eigenvalue weighted by Crippen LogP contribution is 2.25. The topological polar surface area (TPSA) is 36.4 Å². The van der Waals surface area contributed by atoms with Crippen LogP contribution in [0.4, 0.5) is 5.69 Å². The van der Waals surface area contributed by atoms with Gasteiger partial charge in [-0.15, -0.1) is 0 Å². The minimum absolute atomic E-state index is 0.549. The molecule has 0 radical (unpaired) electrons. The van der Waals surface area contributed by atoms with Crippen molar-refractivity contribution in [2.75, 3.05) is 18.0 Å². The molecule has 0 saturated heterocycles. The van der Waals surface area contributed by atoms with Crippen LogP contribution in [0, 0.1) is 0 Å². The van der Waals surface area contributed by atoms with Gasteiger partial charge in [0.15, 0.2) is 0 Å². The highest BCUT2D eigenvalue weighted by atomic mass is 35.5. The van der Waals surface area contributed by atoms with E-state index in [0.29, 0.717) is 11.6 Å². The summed E-state index contributed by atoms with van der Waals surface area (Å²) in [5.41, 5.74) is 0.180. The van der Waals surface area contributed by atoms with Gasteiger partial charge in [-0.25, -0.2) is 0 Å². The molecule has 0 aromatic carbocycles. The van der Waals surface area contributed by atoms with Crippen molar-refractivity contribution in [2.24, 2.45) is 0 Å². The van der Waals surface area contributed by atoms with Crippen molar-refractivity contribution < 1.29 is 5.11 Å². The third-order valence-corrected chi connectivity index (χ3v) is 2.34. The first-order valence-electron chi connectivity index (χ1n) is 5.01. The lowest BCUT2D eigenvalue weighted by atomic mass is 10.1.